The van der Waals surface area contributed by atoms with Gasteiger partial charge in [0.1, 0.15) is 5.82 Å². The standard InChI is InChI=1S/C22H25F4N3O/c1-27-20(28-14-16-7-8-18(23)13-19(16)22(24,25)26)29-15-21(9-11-30-12-10-21)17-5-3-2-4-6-17/h2-8,13H,9-12,14-15H2,1H3,(H2,27,28,29). The second kappa shape index (κ2) is 9.47. The Hall–Kier alpha value is -2.61. The number of nitrogens with one attached hydrogen (secondary N) is 2. The van der Waals surface area contributed by atoms with Crippen molar-refractivity contribution in [1.82, 2.24) is 10.6 Å². The highest BCUT2D eigenvalue weighted by Crippen LogP contribution is 2.34. The van der Waals surface area contributed by atoms with E-state index in [1.165, 1.54) is 5.56 Å². The van der Waals surface area contributed by atoms with Gasteiger partial charge in [-0.2, -0.15) is 13.2 Å². The summed E-state index contributed by atoms with van der Waals surface area (Å²) in [6, 6.07) is 12.8. The third-order valence-corrected chi connectivity index (χ3v) is 5.48. The highest BCUT2D eigenvalue weighted by atomic mass is 19.4. The summed E-state index contributed by atoms with van der Waals surface area (Å²) < 4.78 is 58.5. The Bertz CT molecular complexity index is 862. The molecule has 2 N–H and O–H groups in total. The molecule has 0 aliphatic carbocycles. The molecule has 1 saturated heterocycles. The van der Waals surface area contributed by atoms with Crippen LogP contribution in [-0.2, 0) is 22.9 Å². The molecule has 162 valence electrons. The summed E-state index contributed by atoms with van der Waals surface area (Å²) in [5.41, 5.74) is 0.00454. The van der Waals surface area contributed by atoms with Crippen molar-refractivity contribution in [2.45, 2.75) is 31.0 Å². The third-order valence-electron chi connectivity index (χ3n) is 5.48. The van der Waals surface area contributed by atoms with Gasteiger partial charge in [0.2, 0.25) is 0 Å². The summed E-state index contributed by atoms with van der Waals surface area (Å²) in [4.78, 5) is 4.13. The van der Waals surface area contributed by atoms with Gasteiger partial charge in [0.15, 0.2) is 5.96 Å². The average molecular weight is 423 g/mol. The smallest absolute Gasteiger partial charge is 0.381 e. The van der Waals surface area contributed by atoms with Crippen LogP contribution in [0.5, 0.6) is 0 Å². The molecule has 1 aliphatic rings. The van der Waals surface area contributed by atoms with Gasteiger partial charge in [0.25, 0.3) is 0 Å². The number of aliphatic imine (C=N–C) groups is 1. The lowest BCUT2D eigenvalue weighted by atomic mass is 9.74. The molecule has 0 atom stereocenters. The summed E-state index contributed by atoms with van der Waals surface area (Å²) in [5, 5.41) is 6.16. The number of hydrogen-bond donors (Lipinski definition) is 2. The van der Waals surface area contributed by atoms with Crippen molar-refractivity contribution in [3.05, 3.63) is 71.0 Å². The molecule has 1 aliphatic heterocycles. The first kappa shape index (κ1) is 22.1. The topological polar surface area (TPSA) is 45.7 Å². The van der Waals surface area contributed by atoms with Crippen molar-refractivity contribution in [3.8, 4) is 0 Å². The number of nitrogens with zero attached hydrogens (tertiary/aromatic N) is 1. The molecule has 0 amide bonds. The van der Waals surface area contributed by atoms with Crippen LogP contribution in [0.15, 0.2) is 53.5 Å². The largest absolute Gasteiger partial charge is 0.416 e. The predicted molar refractivity (Wildman–Crippen MR) is 108 cm³/mol. The highest BCUT2D eigenvalue weighted by molar-refractivity contribution is 5.79. The molecular weight excluding hydrogens is 398 g/mol. The zero-order valence-corrected chi connectivity index (χ0v) is 16.7. The Balaban J connectivity index is 1.69. The van der Waals surface area contributed by atoms with E-state index in [9.17, 15) is 17.6 Å². The molecule has 3 rings (SSSR count). The maximum Gasteiger partial charge on any atom is 0.416 e. The lowest BCUT2D eigenvalue weighted by Crippen LogP contribution is -2.48. The third kappa shape index (κ3) is 5.30. The molecule has 0 radical (unpaired) electrons. The van der Waals surface area contributed by atoms with E-state index in [2.05, 4.69) is 27.8 Å². The van der Waals surface area contributed by atoms with Crippen LogP contribution in [0, 0.1) is 5.82 Å². The van der Waals surface area contributed by atoms with Crippen molar-refractivity contribution in [1.29, 1.82) is 0 Å². The van der Waals surface area contributed by atoms with Crippen LogP contribution in [0.3, 0.4) is 0 Å². The fourth-order valence-electron chi connectivity index (χ4n) is 3.74. The van der Waals surface area contributed by atoms with Crippen LogP contribution in [-0.4, -0.2) is 32.8 Å². The Morgan fingerprint density at radius 1 is 1.07 bits per heavy atom. The van der Waals surface area contributed by atoms with Crippen molar-refractivity contribution < 1.29 is 22.3 Å². The summed E-state index contributed by atoms with van der Waals surface area (Å²) in [6.07, 6.45) is -2.97. The normalized spacial score (nSPS) is 16.9. The van der Waals surface area contributed by atoms with Gasteiger partial charge in [-0.15, -0.1) is 0 Å². The number of halogens is 4. The molecule has 0 aromatic heterocycles. The van der Waals surface area contributed by atoms with Crippen molar-refractivity contribution >= 4 is 5.96 Å². The van der Waals surface area contributed by atoms with Gasteiger partial charge < -0.3 is 15.4 Å². The fourth-order valence-corrected chi connectivity index (χ4v) is 3.74. The number of hydrogen-bond acceptors (Lipinski definition) is 2. The van der Waals surface area contributed by atoms with E-state index in [1.54, 1.807) is 7.05 Å². The van der Waals surface area contributed by atoms with Gasteiger partial charge in [0.05, 0.1) is 5.56 Å². The minimum atomic E-state index is -4.63. The molecule has 0 saturated carbocycles. The molecule has 2 aromatic carbocycles. The molecule has 8 heteroatoms. The number of guanidine groups is 1. The quantitative estimate of drug-likeness (QED) is 0.429. The molecule has 2 aromatic rings. The molecule has 1 heterocycles. The number of alkyl halides is 3. The zero-order chi connectivity index (χ0) is 21.6. The second-order valence-electron chi connectivity index (χ2n) is 7.34. The SMILES string of the molecule is CN=C(NCc1ccc(F)cc1C(F)(F)F)NCC1(c2ccccc2)CCOCC1. The molecule has 1 fully saturated rings. The Kier molecular flexibility index (Phi) is 6.97. The predicted octanol–water partition coefficient (Wildman–Crippen LogP) is 4.26. The monoisotopic (exact) mass is 423 g/mol. The Morgan fingerprint density at radius 3 is 2.40 bits per heavy atom. The summed E-state index contributed by atoms with van der Waals surface area (Å²) >= 11 is 0. The first-order chi connectivity index (χ1) is 14.3. The zero-order valence-electron chi connectivity index (χ0n) is 16.7. The van der Waals surface area contributed by atoms with E-state index in [0.717, 1.165) is 25.0 Å². The first-order valence-electron chi connectivity index (χ1n) is 9.77. The van der Waals surface area contributed by atoms with E-state index in [1.807, 2.05) is 18.2 Å². The van der Waals surface area contributed by atoms with Gasteiger partial charge >= 0.3 is 6.18 Å². The van der Waals surface area contributed by atoms with Crippen LogP contribution in [0.25, 0.3) is 0 Å². The molecule has 0 spiro atoms. The maximum atomic E-state index is 13.3. The van der Waals surface area contributed by atoms with Crippen LogP contribution in [0.4, 0.5) is 17.6 Å². The first-order valence-corrected chi connectivity index (χ1v) is 9.77. The van der Waals surface area contributed by atoms with Crippen LogP contribution in [0.1, 0.15) is 29.5 Å². The van der Waals surface area contributed by atoms with Gasteiger partial charge in [-0.25, -0.2) is 4.39 Å². The lowest BCUT2D eigenvalue weighted by Gasteiger charge is -2.38. The highest BCUT2D eigenvalue weighted by Gasteiger charge is 2.35. The summed E-state index contributed by atoms with van der Waals surface area (Å²) in [6.45, 7) is 1.73. The van der Waals surface area contributed by atoms with E-state index in [-0.39, 0.29) is 17.5 Å². The molecule has 0 unspecified atom stereocenters. The minimum absolute atomic E-state index is 0.0457. The van der Waals surface area contributed by atoms with E-state index in [4.69, 9.17) is 4.74 Å². The van der Waals surface area contributed by atoms with Crippen LogP contribution in [0.2, 0.25) is 0 Å². The van der Waals surface area contributed by atoms with Crippen molar-refractivity contribution in [3.63, 3.8) is 0 Å². The summed E-state index contributed by atoms with van der Waals surface area (Å²) in [7, 11) is 1.56. The molecule has 30 heavy (non-hydrogen) atoms. The molecule has 4 nitrogen and oxygen atoms in total. The van der Waals surface area contributed by atoms with Gasteiger partial charge in [-0.05, 0) is 36.1 Å². The van der Waals surface area contributed by atoms with Crippen molar-refractivity contribution in [2.75, 3.05) is 26.8 Å². The number of ether oxygens (including phenoxy) is 1. The molecule has 0 bridgehead atoms. The number of benzene rings is 2. The second-order valence-corrected chi connectivity index (χ2v) is 7.34. The van der Waals surface area contributed by atoms with Crippen molar-refractivity contribution in [2.24, 2.45) is 4.99 Å². The van der Waals surface area contributed by atoms with Crippen LogP contribution < -0.4 is 10.6 Å². The number of rotatable bonds is 5. The summed E-state index contributed by atoms with van der Waals surface area (Å²) in [5.74, 6) is -0.535. The average Bonchev–Trinajstić information content (AvgIpc) is 2.75. The Labute approximate surface area is 173 Å². The minimum Gasteiger partial charge on any atom is -0.381 e. The van der Waals surface area contributed by atoms with Gasteiger partial charge in [-0.1, -0.05) is 36.4 Å². The van der Waals surface area contributed by atoms with Gasteiger partial charge in [0, 0.05) is 38.8 Å². The lowest BCUT2D eigenvalue weighted by molar-refractivity contribution is -0.138. The Morgan fingerprint density at radius 2 is 1.77 bits per heavy atom. The van der Waals surface area contributed by atoms with E-state index < -0.39 is 17.6 Å². The molecular formula is C22H25F4N3O. The van der Waals surface area contributed by atoms with E-state index >= 15 is 0 Å². The van der Waals surface area contributed by atoms with Gasteiger partial charge in [-0.3, -0.25) is 4.99 Å². The fraction of sp³-hybridized carbons (Fsp3) is 0.409. The van der Waals surface area contributed by atoms with E-state index in [0.29, 0.717) is 31.8 Å². The van der Waals surface area contributed by atoms with Crippen LogP contribution >= 0.6 is 0 Å². The maximum absolute atomic E-state index is 13.3.